The first kappa shape index (κ1) is 20.9. The molecule has 0 aliphatic heterocycles. The second kappa shape index (κ2) is 14.2. The Labute approximate surface area is 149 Å². The molecule has 1 aromatic heterocycles. The lowest BCUT2D eigenvalue weighted by atomic mass is 10.1. The molecule has 24 heavy (non-hydrogen) atoms. The maximum atomic E-state index is 5.50. The molecule has 138 valence electrons. The first-order valence-corrected chi connectivity index (χ1v) is 10.0. The monoisotopic (exact) mass is 334 g/mol. The van der Waals surface area contributed by atoms with Crippen LogP contribution in [0.15, 0.2) is 6.07 Å². The number of rotatable bonds is 15. The zero-order chi connectivity index (χ0) is 17.5. The van der Waals surface area contributed by atoms with Crippen molar-refractivity contribution in [3.05, 3.63) is 17.6 Å². The molecule has 0 unspecified atom stereocenters. The standard InChI is InChI=1S/C20H38N4/c1-3-16-22-20-17-18(2)23-19(24-20)14-12-10-8-6-4-5-7-9-11-13-15-21/h17H,3-16,21H2,1-2H3,(H,22,23,24). The van der Waals surface area contributed by atoms with Crippen LogP contribution in [0.3, 0.4) is 0 Å². The van der Waals surface area contributed by atoms with Gasteiger partial charge in [-0.15, -0.1) is 0 Å². The van der Waals surface area contributed by atoms with Crippen molar-refractivity contribution in [3.8, 4) is 0 Å². The smallest absolute Gasteiger partial charge is 0.130 e. The average molecular weight is 335 g/mol. The van der Waals surface area contributed by atoms with Crippen molar-refractivity contribution < 1.29 is 0 Å². The van der Waals surface area contributed by atoms with Crippen molar-refractivity contribution >= 4 is 5.82 Å². The normalized spacial score (nSPS) is 11.0. The Morgan fingerprint density at radius 1 is 0.875 bits per heavy atom. The van der Waals surface area contributed by atoms with Crippen LogP contribution in [0.4, 0.5) is 5.82 Å². The number of unbranched alkanes of at least 4 members (excludes halogenated alkanes) is 9. The van der Waals surface area contributed by atoms with Crippen LogP contribution in [0, 0.1) is 6.92 Å². The van der Waals surface area contributed by atoms with E-state index in [2.05, 4.69) is 29.1 Å². The molecule has 1 rings (SSSR count). The quantitative estimate of drug-likeness (QED) is 0.443. The van der Waals surface area contributed by atoms with Gasteiger partial charge in [0.25, 0.3) is 0 Å². The summed E-state index contributed by atoms with van der Waals surface area (Å²) in [6.07, 6.45) is 15.3. The van der Waals surface area contributed by atoms with Gasteiger partial charge in [-0.2, -0.15) is 0 Å². The number of nitrogens with zero attached hydrogens (tertiary/aromatic N) is 2. The van der Waals surface area contributed by atoms with Gasteiger partial charge in [-0.3, -0.25) is 0 Å². The Morgan fingerprint density at radius 3 is 2.04 bits per heavy atom. The molecule has 4 nitrogen and oxygen atoms in total. The summed E-state index contributed by atoms with van der Waals surface area (Å²) in [4.78, 5) is 9.19. The van der Waals surface area contributed by atoms with Crippen molar-refractivity contribution in [2.24, 2.45) is 5.73 Å². The molecule has 1 heterocycles. The van der Waals surface area contributed by atoms with Gasteiger partial charge >= 0.3 is 0 Å². The molecule has 0 spiro atoms. The van der Waals surface area contributed by atoms with E-state index in [1.54, 1.807) is 0 Å². The third-order valence-electron chi connectivity index (χ3n) is 4.31. The molecule has 1 aromatic rings. The Hall–Kier alpha value is -1.16. The minimum atomic E-state index is 0.848. The highest BCUT2D eigenvalue weighted by Gasteiger charge is 2.02. The number of nitrogens with one attached hydrogen (secondary N) is 1. The number of aryl methyl sites for hydroxylation is 2. The molecule has 0 radical (unpaired) electrons. The van der Waals surface area contributed by atoms with Gasteiger partial charge in [0.2, 0.25) is 0 Å². The van der Waals surface area contributed by atoms with Crippen molar-refractivity contribution in [1.29, 1.82) is 0 Å². The Balaban J connectivity index is 2.05. The molecule has 0 saturated carbocycles. The third-order valence-corrected chi connectivity index (χ3v) is 4.31. The summed E-state index contributed by atoms with van der Waals surface area (Å²) in [6, 6.07) is 2.03. The molecule has 0 fully saturated rings. The summed E-state index contributed by atoms with van der Waals surface area (Å²) < 4.78 is 0. The van der Waals surface area contributed by atoms with Crippen LogP contribution in [-0.4, -0.2) is 23.1 Å². The Bertz CT molecular complexity index is 420. The van der Waals surface area contributed by atoms with Gasteiger partial charge in [-0.25, -0.2) is 9.97 Å². The largest absolute Gasteiger partial charge is 0.370 e. The topological polar surface area (TPSA) is 63.8 Å². The Morgan fingerprint density at radius 2 is 1.46 bits per heavy atom. The number of anilines is 1. The molecule has 0 atom stereocenters. The van der Waals surface area contributed by atoms with Gasteiger partial charge in [-0.1, -0.05) is 58.3 Å². The number of aromatic nitrogens is 2. The van der Waals surface area contributed by atoms with Crippen LogP contribution < -0.4 is 11.1 Å². The van der Waals surface area contributed by atoms with Crippen molar-refractivity contribution in [3.63, 3.8) is 0 Å². The van der Waals surface area contributed by atoms with Gasteiger partial charge in [0.15, 0.2) is 0 Å². The van der Waals surface area contributed by atoms with Crippen LogP contribution in [-0.2, 0) is 6.42 Å². The highest BCUT2D eigenvalue weighted by atomic mass is 15.0. The van der Waals surface area contributed by atoms with E-state index in [1.165, 1.54) is 64.2 Å². The summed E-state index contributed by atoms with van der Waals surface area (Å²) in [5.74, 6) is 1.97. The first-order valence-electron chi connectivity index (χ1n) is 10.0. The molecular formula is C20H38N4. The van der Waals surface area contributed by atoms with Crippen LogP contribution in [0.1, 0.15) is 89.1 Å². The molecule has 0 aliphatic rings. The summed E-state index contributed by atoms with van der Waals surface area (Å²) in [6.45, 7) is 6.04. The predicted octanol–water partition coefficient (Wildman–Crippen LogP) is 5.01. The van der Waals surface area contributed by atoms with E-state index in [-0.39, 0.29) is 0 Å². The minimum absolute atomic E-state index is 0.848. The lowest BCUT2D eigenvalue weighted by molar-refractivity contribution is 0.551. The van der Waals surface area contributed by atoms with E-state index in [9.17, 15) is 0 Å². The summed E-state index contributed by atoms with van der Waals surface area (Å²) in [5.41, 5.74) is 6.57. The van der Waals surface area contributed by atoms with E-state index in [0.717, 1.165) is 43.3 Å². The van der Waals surface area contributed by atoms with E-state index < -0.39 is 0 Å². The molecule has 0 aromatic carbocycles. The van der Waals surface area contributed by atoms with Crippen molar-refractivity contribution in [2.45, 2.75) is 90.9 Å². The number of nitrogens with two attached hydrogens (primary N) is 1. The Kier molecular flexibility index (Phi) is 12.4. The van der Waals surface area contributed by atoms with Gasteiger partial charge in [0.05, 0.1) is 0 Å². The molecule has 3 N–H and O–H groups in total. The van der Waals surface area contributed by atoms with E-state index in [1.807, 2.05) is 6.07 Å². The van der Waals surface area contributed by atoms with Crippen LogP contribution in [0.25, 0.3) is 0 Å². The first-order chi connectivity index (χ1) is 11.8. The fraction of sp³-hybridized carbons (Fsp3) is 0.800. The lowest BCUT2D eigenvalue weighted by Gasteiger charge is -2.07. The molecule has 0 bridgehead atoms. The van der Waals surface area contributed by atoms with Gasteiger partial charge in [0.1, 0.15) is 11.6 Å². The van der Waals surface area contributed by atoms with Crippen LogP contribution in [0.2, 0.25) is 0 Å². The van der Waals surface area contributed by atoms with Gasteiger partial charge < -0.3 is 11.1 Å². The zero-order valence-electron chi connectivity index (χ0n) is 15.9. The van der Waals surface area contributed by atoms with Gasteiger partial charge in [0, 0.05) is 24.7 Å². The lowest BCUT2D eigenvalue weighted by Crippen LogP contribution is -2.06. The van der Waals surface area contributed by atoms with Crippen LogP contribution in [0.5, 0.6) is 0 Å². The second-order valence-electron chi connectivity index (χ2n) is 6.81. The maximum absolute atomic E-state index is 5.50. The summed E-state index contributed by atoms with van der Waals surface area (Å²) >= 11 is 0. The maximum Gasteiger partial charge on any atom is 0.130 e. The molecule has 0 aliphatic carbocycles. The van der Waals surface area contributed by atoms with Gasteiger partial charge in [-0.05, 0) is 32.7 Å². The average Bonchev–Trinajstić information content (AvgIpc) is 2.57. The van der Waals surface area contributed by atoms with Crippen LogP contribution >= 0.6 is 0 Å². The van der Waals surface area contributed by atoms with E-state index in [4.69, 9.17) is 5.73 Å². The molecule has 0 amide bonds. The number of hydrogen-bond donors (Lipinski definition) is 2. The van der Waals surface area contributed by atoms with E-state index >= 15 is 0 Å². The number of hydrogen-bond acceptors (Lipinski definition) is 4. The van der Waals surface area contributed by atoms with E-state index in [0.29, 0.717) is 0 Å². The van der Waals surface area contributed by atoms with Crippen molar-refractivity contribution in [2.75, 3.05) is 18.4 Å². The second-order valence-corrected chi connectivity index (χ2v) is 6.81. The van der Waals surface area contributed by atoms with Crippen molar-refractivity contribution in [1.82, 2.24) is 9.97 Å². The fourth-order valence-corrected chi connectivity index (χ4v) is 2.93. The highest BCUT2D eigenvalue weighted by molar-refractivity contribution is 5.35. The minimum Gasteiger partial charge on any atom is -0.370 e. The predicted molar refractivity (Wildman–Crippen MR) is 104 cm³/mol. The summed E-state index contributed by atoms with van der Waals surface area (Å²) in [7, 11) is 0. The summed E-state index contributed by atoms with van der Waals surface area (Å²) in [5, 5.41) is 3.36. The fourth-order valence-electron chi connectivity index (χ4n) is 2.93. The molecule has 0 saturated heterocycles. The molecule has 4 heteroatoms. The SMILES string of the molecule is CCCNc1cc(C)nc(CCCCCCCCCCCCN)n1. The zero-order valence-corrected chi connectivity index (χ0v) is 15.9. The molecular weight excluding hydrogens is 296 g/mol. The highest BCUT2D eigenvalue weighted by Crippen LogP contribution is 2.13. The third kappa shape index (κ3) is 10.6.